The highest BCUT2D eigenvalue weighted by molar-refractivity contribution is 5.17. The van der Waals surface area contributed by atoms with E-state index in [0.717, 1.165) is 31.0 Å². The number of rotatable bonds is 6. The second kappa shape index (κ2) is 6.59. The highest BCUT2D eigenvalue weighted by Gasteiger charge is 2.01. The molecule has 16 heavy (non-hydrogen) atoms. The lowest BCUT2D eigenvalue weighted by atomic mass is 10.1. The van der Waals surface area contributed by atoms with E-state index in [-0.39, 0.29) is 0 Å². The fourth-order valence-corrected chi connectivity index (χ4v) is 1.54. The zero-order valence-electron chi connectivity index (χ0n) is 9.89. The second-order valence-corrected chi connectivity index (χ2v) is 4.14. The zero-order chi connectivity index (χ0) is 12.0. The summed E-state index contributed by atoms with van der Waals surface area (Å²) in [4.78, 5) is 0. The largest absolute Gasteiger partial charge is 0.314 e. The number of halogens is 2. The Labute approximate surface area is 95.9 Å². The first kappa shape index (κ1) is 13.1. The monoisotopic (exact) mass is 227 g/mol. The summed E-state index contributed by atoms with van der Waals surface area (Å²) in [5.74, 6) is -0.991. The summed E-state index contributed by atoms with van der Waals surface area (Å²) in [7, 11) is 0. The first-order valence-corrected chi connectivity index (χ1v) is 5.80. The summed E-state index contributed by atoms with van der Waals surface area (Å²) in [5, 5.41) is 3.34. The van der Waals surface area contributed by atoms with Crippen LogP contribution in [-0.2, 0) is 6.42 Å². The average molecular weight is 227 g/mol. The normalized spacial score (nSPS) is 12.8. The molecule has 0 heterocycles. The van der Waals surface area contributed by atoms with Gasteiger partial charge in [0.05, 0.1) is 0 Å². The number of benzene rings is 1. The molecule has 0 spiro atoms. The van der Waals surface area contributed by atoms with Crippen molar-refractivity contribution < 1.29 is 8.78 Å². The van der Waals surface area contributed by atoms with Crippen molar-refractivity contribution in [1.29, 1.82) is 0 Å². The predicted molar refractivity (Wildman–Crippen MR) is 62.4 cm³/mol. The molecule has 1 aromatic rings. The van der Waals surface area contributed by atoms with Crippen LogP contribution in [0.3, 0.4) is 0 Å². The highest BCUT2D eigenvalue weighted by atomic mass is 19.1. The quantitative estimate of drug-likeness (QED) is 0.735. The van der Waals surface area contributed by atoms with Crippen LogP contribution in [0.4, 0.5) is 8.78 Å². The van der Waals surface area contributed by atoms with Crippen LogP contribution in [0.2, 0.25) is 0 Å². The van der Waals surface area contributed by atoms with Gasteiger partial charge in [-0.1, -0.05) is 6.92 Å². The first-order valence-electron chi connectivity index (χ1n) is 5.80. The van der Waals surface area contributed by atoms with Crippen molar-refractivity contribution in [2.75, 3.05) is 6.54 Å². The van der Waals surface area contributed by atoms with Crippen molar-refractivity contribution in [3.63, 3.8) is 0 Å². The lowest BCUT2D eigenvalue weighted by molar-refractivity contribution is 0.522. The Hall–Kier alpha value is -0.960. The van der Waals surface area contributed by atoms with E-state index < -0.39 is 11.6 Å². The zero-order valence-corrected chi connectivity index (χ0v) is 9.89. The fraction of sp³-hybridized carbons (Fsp3) is 0.538. The molecule has 1 nitrogen and oxygen atoms in total. The van der Waals surface area contributed by atoms with Crippen molar-refractivity contribution in [3.8, 4) is 0 Å². The molecular weight excluding hydrogens is 208 g/mol. The summed E-state index contributed by atoms with van der Waals surface area (Å²) >= 11 is 0. The van der Waals surface area contributed by atoms with E-state index in [9.17, 15) is 8.78 Å². The van der Waals surface area contributed by atoms with E-state index >= 15 is 0 Å². The van der Waals surface area contributed by atoms with E-state index in [1.165, 1.54) is 12.1 Å². The Bertz CT molecular complexity index is 305. The Balaban J connectivity index is 2.32. The second-order valence-electron chi connectivity index (χ2n) is 4.14. The van der Waals surface area contributed by atoms with Gasteiger partial charge in [0.25, 0.3) is 0 Å². The van der Waals surface area contributed by atoms with Gasteiger partial charge in [-0.25, -0.2) is 8.78 Å². The van der Waals surface area contributed by atoms with Crippen LogP contribution in [0.1, 0.15) is 32.3 Å². The van der Waals surface area contributed by atoms with Crippen LogP contribution in [0.25, 0.3) is 0 Å². The fourth-order valence-electron chi connectivity index (χ4n) is 1.54. The van der Waals surface area contributed by atoms with Crippen LogP contribution in [0.15, 0.2) is 18.2 Å². The third kappa shape index (κ3) is 4.71. The van der Waals surface area contributed by atoms with Gasteiger partial charge in [-0.15, -0.1) is 0 Å². The van der Waals surface area contributed by atoms with Crippen molar-refractivity contribution >= 4 is 0 Å². The third-order valence-electron chi connectivity index (χ3n) is 2.67. The molecule has 1 unspecified atom stereocenters. The van der Waals surface area contributed by atoms with Gasteiger partial charge in [0.15, 0.2) is 0 Å². The van der Waals surface area contributed by atoms with Crippen molar-refractivity contribution in [2.45, 2.75) is 39.2 Å². The van der Waals surface area contributed by atoms with Gasteiger partial charge in [0, 0.05) is 12.1 Å². The predicted octanol–water partition coefficient (Wildman–Crippen LogP) is 3.29. The molecule has 1 N–H and O–H groups in total. The van der Waals surface area contributed by atoms with E-state index in [0.29, 0.717) is 12.5 Å². The lowest BCUT2D eigenvalue weighted by Crippen LogP contribution is -2.26. The topological polar surface area (TPSA) is 12.0 Å². The summed E-state index contributed by atoms with van der Waals surface area (Å²) in [5.41, 5.74) is 0.725. The molecule has 0 aliphatic heterocycles. The minimum absolute atomic E-state index is 0.495. The molecule has 0 saturated heterocycles. The standard InChI is InChI=1S/C13H19F2N/c1-3-10(2)16-6-4-5-11-7-12(14)9-13(15)8-11/h7-10,16H,3-6H2,1-2H3. The number of aryl methyl sites for hydroxylation is 1. The van der Waals surface area contributed by atoms with Crippen LogP contribution in [0, 0.1) is 11.6 Å². The number of hydrogen-bond acceptors (Lipinski definition) is 1. The van der Waals surface area contributed by atoms with Gasteiger partial charge >= 0.3 is 0 Å². The molecular formula is C13H19F2N. The minimum atomic E-state index is -0.495. The molecule has 1 rings (SSSR count). The Morgan fingerprint density at radius 1 is 1.19 bits per heavy atom. The Morgan fingerprint density at radius 3 is 2.38 bits per heavy atom. The molecule has 0 aliphatic rings. The van der Waals surface area contributed by atoms with Crippen LogP contribution >= 0.6 is 0 Å². The molecule has 1 atom stereocenters. The smallest absolute Gasteiger partial charge is 0.126 e. The molecule has 0 bridgehead atoms. The van der Waals surface area contributed by atoms with E-state index in [1.54, 1.807) is 0 Å². The van der Waals surface area contributed by atoms with E-state index in [2.05, 4.69) is 19.2 Å². The molecule has 0 aromatic heterocycles. The molecule has 1 aromatic carbocycles. The van der Waals surface area contributed by atoms with E-state index in [1.807, 2.05) is 0 Å². The SMILES string of the molecule is CCC(C)NCCCc1cc(F)cc(F)c1. The van der Waals surface area contributed by atoms with Crippen LogP contribution in [0.5, 0.6) is 0 Å². The van der Waals surface area contributed by atoms with Crippen molar-refractivity contribution in [3.05, 3.63) is 35.4 Å². The Morgan fingerprint density at radius 2 is 1.81 bits per heavy atom. The van der Waals surface area contributed by atoms with Gasteiger partial charge in [0.1, 0.15) is 11.6 Å². The average Bonchev–Trinajstić information content (AvgIpc) is 2.22. The highest BCUT2D eigenvalue weighted by Crippen LogP contribution is 2.09. The van der Waals surface area contributed by atoms with Gasteiger partial charge < -0.3 is 5.32 Å². The maximum absolute atomic E-state index is 12.9. The molecule has 90 valence electrons. The van der Waals surface area contributed by atoms with Gasteiger partial charge in [0.2, 0.25) is 0 Å². The van der Waals surface area contributed by atoms with Gasteiger partial charge in [-0.3, -0.25) is 0 Å². The van der Waals surface area contributed by atoms with Crippen LogP contribution in [-0.4, -0.2) is 12.6 Å². The minimum Gasteiger partial charge on any atom is -0.314 e. The van der Waals surface area contributed by atoms with Gasteiger partial charge in [-0.05, 0) is 50.4 Å². The molecule has 0 amide bonds. The van der Waals surface area contributed by atoms with Crippen LogP contribution < -0.4 is 5.32 Å². The Kier molecular flexibility index (Phi) is 5.39. The maximum atomic E-state index is 12.9. The number of nitrogens with one attached hydrogen (secondary N) is 1. The lowest BCUT2D eigenvalue weighted by Gasteiger charge is -2.10. The molecule has 0 fully saturated rings. The molecule has 0 radical (unpaired) electrons. The first-order chi connectivity index (χ1) is 7.61. The molecule has 3 heteroatoms. The summed E-state index contributed by atoms with van der Waals surface area (Å²) in [6, 6.07) is 4.20. The molecule has 0 saturated carbocycles. The van der Waals surface area contributed by atoms with E-state index in [4.69, 9.17) is 0 Å². The van der Waals surface area contributed by atoms with Gasteiger partial charge in [-0.2, -0.15) is 0 Å². The number of hydrogen-bond donors (Lipinski definition) is 1. The summed E-state index contributed by atoms with van der Waals surface area (Å²) in [6.07, 6.45) is 2.69. The summed E-state index contributed by atoms with van der Waals surface area (Å²) < 4.78 is 25.7. The van der Waals surface area contributed by atoms with Crippen molar-refractivity contribution in [2.24, 2.45) is 0 Å². The molecule has 0 aliphatic carbocycles. The maximum Gasteiger partial charge on any atom is 0.126 e. The third-order valence-corrected chi connectivity index (χ3v) is 2.67. The van der Waals surface area contributed by atoms with Crippen molar-refractivity contribution in [1.82, 2.24) is 5.32 Å². The summed E-state index contributed by atoms with van der Waals surface area (Å²) in [6.45, 7) is 5.13.